The minimum atomic E-state index is -6.30. The van der Waals surface area contributed by atoms with Crippen molar-refractivity contribution in [3.8, 4) is 0 Å². The zero-order valence-electron chi connectivity index (χ0n) is 12.2. The van der Waals surface area contributed by atoms with Crippen LogP contribution in [0.15, 0.2) is 12.7 Å². The molecule has 0 fully saturated rings. The fraction of sp³-hybridized carbons (Fsp3) is 0.857. The van der Waals surface area contributed by atoms with Crippen molar-refractivity contribution >= 4 is 0 Å². The Morgan fingerprint density at radius 1 is 0.773 bits per heavy atom. The number of allylic oxidation sites excluding steroid dienone is 1. The molecule has 0 aliphatic carbocycles. The highest BCUT2D eigenvalue weighted by Gasteiger charge is 2.72. The molecule has 0 aromatic carbocycles. The third-order valence-electron chi connectivity index (χ3n) is 3.05. The molecule has 0 heterocycles. The molecule has 0 amide bonds. The van der Waals surface area contributed by atoms with Gasteiger partial charge in [-0.15, -0.1) is 6.58 Å². The molecular weight excluding hydrogens is 317 g/mol. The Morgan fingerprint density at radius 3 is 1.77 bits per heavy atom. The average molecular weight is 338 g/mol. The highest BCUT2D eigenvalue weighted by molar-refractivity contribution is 4.90. The van der Waals surface area contributed by atoms with Gasteiger partial charge in [0, 0.05) is 6.61 Å². The topological polar surface area (TPSA) is 9.23 Å². The van der Waals surface area contributed by atoms with Gasteiger partial charge in [-0.3, -0.25) is 0 Å². The maximum Gasteiger partial charge on any atom is 0.459 e. The summed E-state index contributed by atoms with van der Waals surface area (Å²) in [5.41, 5.74) is 0. The second-order valence-electron chi connectivity index (χ2n) is 5.03. The fourth-order valence-electron chi connectivity index (χ4n) is 1.70. The number of hydrogen-bond acceptors (Lipinski definition) is 1. The molecule has 0 bridgehead atoms. The van der Waals surface area contributed by atoms with E-state index in [-0.39, 0.29) is 6.61 Å². The van der Waals surface area contributed by atoms with E-state index in [0.717, 1.165) is 32.1 Å². The van der Waals surface area contributed by atoms with Crippen molar-refractivity contribution in [2.75, 3.05) is 13.2 Å². The van der Waals surface area contributed by atoms with Crippen molar-refractivity contribution < 1.29 is 35.5 Å². The third kappa shape index (κ3) is 6.98. The van der Waals surface area contributed by atoms with Crippen LogP contribution < -0.4 is 0 Å². The lowest BCUT2D eigenvalue weighted by molar-refractivity contribution is -0.361. The second-order valence-corrected chi connectivity index (χ2v) is 5.03. The maximum atomic E-state index is 12.8. The van der Waals surface area contributed by atoms with Crippen molar-refractivity contribution in [3.63, 3.8) is 0 Å². The van der Waals surface area contributed by atoms with E-state index in [1.807, 2.05) is 6.08 Å². The summed E-state index contributed by atoms with van der Waals surface area (Å²) >= 11 is 0. The molecule has 22 heavy (non-hydrogen) atoms. The Kier molecular flexibility index (Phi) is 9.04. The van der Waals surface area contributed by atoms with Gasteiger partial charge in [0.05, 0.1) is 0 Å². The summed E-state index contributed by atoms with van der Waals surface area (Å²) < 4.78 is 90.5. The predicted octanol–water partition coefficient (Wildman–Crippen LogP) is 5.75. The van der Waals surface area contributed by atoms with Gasteiger partial charge in [0.2, 0.25) is 0 Å². The molecule has 0 radical (unpaired) electrons. The SMILES string of the molecule is C=CCCCCCCCCOCC(F)(F)C(F)(F)C(F)(F)F. The van der Waals surface area contributed by atoms with Gasteiger partial charge < -0.3 is 4.74 Å². The van der Waals surface area contributed by atoms with Crippen LogP contribution in [0.2, 0.25) is 0 Å². The van der Waals surface area contributed by atoms with Gasteiger partial charge in [-0.25, -0.2) is 0 Å². The Morgan fingerprint density at radius 2 is 1.27 bits per heavy atom. The lowest BCUT2D eigenvalue weighted by atomic mass is 10.1. The Balaban J connectivity index is 3.80. The number of unbranched alkanes of at least 4 members (excludes halogenated alkanes) is 6. The first-order chi connectivity index (χ1) is 10.1. The zero-order valence-corrected chi connectivity index (χ0v) is 12.2. The maximum absolute atomic E-state index is 12.8. The Hall–Kier alpha value is -0.790. The quantitative estimate of drug-likeness (QED) is 0.250. The normalized spacial score (nSPS) is 13.4. The highest BCUT2D eigenvalue weighted by atomic mass is 19.4. The zero-order chi connectivity index (χ0) is 17.3. The van der Waals surface area contributed by atoms with Crippen molar-refractivity contribution in [1.82, 2.24) is 0 Å². The van der Waals surface area contributed by atoms with E-state index >= 15 is 0 Å². The van der Waals surface area contributed by atoms with E-state index in [0.29, 0.717) is 12.8 Å². The monoisotopic (exact) mass is 338 g/mol. The molecule has 132 valence electrons. The van der Waals surface area contributed by atoms with Crippen molar-refractivity contribution in [2.45, 2.75) is 63.0 Å². The smallest absolute Gasteiger partial charge is 0.375 e. The lowest BCUT2D eigenvalue weighted by Gasteiger charge is -2.27. The molecule has 0 spiro atoms. The summed E-state index contributed by atoms with van der Waals surface area (Å²) in [5.74, 6) is -11.4. The van der Waals surface area contributed by atoms with Crippen LogP contribution in [0.5, 0.6) is 0 Å². The summed E-state index contributed by atoms with van der Waals surface area (Å²) in [4.78, 5) is 0. The minimum absolute atomic E-state index is 0.268. The van der Waals surface area contributed by atoms with Crippen LogP contribution in [0.3, 0.4) is 0 Å². The molecule has 0 aliphatic heterocycles. The first-order valence-corrected chi connectivity index (χ1v) is 7.07. The van der Waals surface area contributed by atoms with Gasteiger partial charge >= 0.3 is 18.0 Å². The highest BCUT2D eigenvalue weighted by Crippen LogP contribution is 2.46. The van der Waals surface area contributed by atoms with Gasteiger partial charge in [-0.2, -0.15) is 30.7 Å². The predicted molar refractivity (Wildman–Crippen MR) is 69.3 cm³/mol. The lowest BCUT2D eigenvalue weighted by Crippen LogP contribution is -2.54. The first-order valence-electron chi connectivity index (χ1n) is 7.07. The molecule has 0 N–H and O–H groups in total. The van der Waals surface area contributed by atoms with E-state index in [4.69, 9.17) is 0 Å². The standard InChI is InChI=1S/C14H21F7O/c1-2-3-4-5-6-7-8-9-10-22-11-12(15,16)13(17,18)14(19,20)21/h2H,1,3-11H2. The fourth-order valence-corrected chi connectivity index (χ4v) is 1.70. The van der Waals surface area contributed by atoms with Crippen LogP contribution in [0.25, 0.3) is 0 Å². The number of halogens is 7. The molecule has 0 rings (SSSR count). The number of alkyl halides is 7. The molecule has 0 unspecified atom stereocenters. The number of hydrogen-bond donors (Lipinski definition) is 0. The molecule has 0 atom stereocenters. The average Bonchev–Trinajstić information content (AvgIpc) is 2.39. The van der Waals surface area contributed by atoms with Gasteiger partial charge in [0.15, 0.2) is 0 Å². The third-order valence-corrected chi connectivity index (χ3v) is 3.05. The molecular formula is C14H21F7O. The van der Waals surface area contributed by atoms with Crippen LogP contribution in [0, 0.1) is 0 Å². The van der Waals surface area contributed by atoms with Crippen LogP contribution in [-0.4, -0.2) is 31.2 Å². The molecule has 0 saturated heterocycles. The largest absolute Gasteiger partial charge is 0.459 e. The van der Waals surface area contributed by atoms with Gasteiger partial charge in [-0.1, -0.05) is 31.8 Å². The molecule has 0 aromatic heterocycles. The Bertz CT molecular complexity index is 313. The van der Waals surface area contributed by atoms with Crippen molar-refractivity contribution in [3.05, 3.63) is 12.7 Å². The van der Waals surface area contributed by atoms with E-state index < -0.39 is 24.6 Å². The van der Waals surface area contributed by atoms with E-state index in [2.05, 4.69) is 11.3 Å². The minimum Gasteiger partial charge on any atom is -0.375 e. The van der Waals surface area contributed by atoms with Crippen LogP contribution in [0.4, 0.5) is 30.7 Å². The van der Waals surface area contributed by atoms with Crippen molar-refractivity contribution in [2.24, 2.45) is 0 Å². The summed E-state index contributed by atoms with van der Waals surface area (Å²) in [6.45, 7) is 1.37. The van der Waals surface area contributed by atoms with Gasteiger partial charge in [0.1, 0.15) is 6.61 Å². The number of rotatable bonds is 12. The summed E-state index contributed by atoms with van der Waals surface area (Å²) in [6, 6.07) is 0. The summed E-state index contributed by atoms with van der Waals surface area (Å²) in [6.07, 6.45) is 1.21. The molecule has 0 aromatic rings. The van der Waals surface area contributed by atoms with Crippen LogP contribution in [0.1, 0.15) is 44.9 Å². The summed E-state index contributed by atoms with van der Waals surface area (Å²) in [5, 5.41) is 0. The van der Waals surface area contributed by atoms with Gasteiger partial charge in [0.25, 0.3) is 0 Å². The van der Waals surface area contributed by atoms with Crippen LogP contribution >= 0.6 is 0 Å². The molecule has 0 aliphatic rings. The number of ether oxygens (including phenoxy) is 1. The van der Waals surface area contributed by atoms with Gasteiger partial charge in [-0.05, 0) is 19.3 Å². The van der Waals surface area contributed by atoms with Crippen molar-refractivity contribution in [1.29, 1.82) is 0 Å². The van der Waals surface area contributed by atoms with Crippen LogP contribution in [-0.2, 0) is 4.74 Å². The second kappa shape index (κ2) is 9.37. The Labute approximate surface area is 125 Å². The van der Waals surface area contributed by atoms with E-state index in [9.17, 15) is 30.7 Å². The molecule has 1 nitrogen and oxygen atoms in total. The molecule has 8 heteroatoms. The van der Waals surface area contributed by atoms with E-state index in [1.54, 1.807) is 0 Å². The summed E-state index contributed by atoms with van der Waals surface area (Å²) in [7, 11) is 0. The first kappa shape index (κ1) is 21.2. The molecule has 0 saturated carbocycles. The van der Waals surface area contributed by atoms with E-state index in [1.165, 1.54) is 0 Å².